The van der Waals surface area contributed by atoms with Crippen molar-refractivity contribution in [3.63, 3.8) is 0 Å². The molecule has 0 amide bonds. The molecule has 1 atom stereocenters. The first-order chi connectivity index (χ1) is 15.2. The molecule has 0 bridgehead atoms. The van der Waals surface area contributed by atoms with E-state index in [-0.39, 0.29) is 13.2 Å². The van der Waals surface area contributed by atoms with Crippen molar-refractivity contribution in [3.05, 3.63) is 0 Å². The zero-order valence-electron chi connectivity index (χ0n) is 18.4. The first kappa shape index (κ1) is 34.2. The fourth-order valence-electron chi connectivity index (χ4n) is 2.22. The molecule has 0 fully saturated rings. The third-order valence-corrected chi connectivity index (χ3v) is 5.39. The molecule has 0 aromatic rings. The van der Waals surface area contributed by atoms with Gasteiger partial charge in [-0.15, -0.1) is 0 Å². The van der Waals surface area contributed by atoms with Crippen molar-refractivity contribution in [2.45, 2.75) is 61.5 Å². The number of unbranched alkanes of at least 4 members (excludes halogenated alkanes) is 2. The van der Waals surface area contributed by atoms with E-state index in [4.69, 9.17) is 0 Å². The molecule has 0 aromatic heterocycles. The molecule has 0 N–H and O–H groups in total. The van der Waals surface area contributed by atoms with Crippen molar-refractivity contribution in [2.75, 3.05) is 40.9 Å². The van der Waals surface area contributed by atoms with Gasteiger partial charge in [-0.25, -0.2) is 0 Å². The van der Waals surface area contributed by atoms with Gasteiger partial charge in [0.1, 0.15) is 13.2 Å². The van der Waals surface area contributed by atoms with Crippen LogP contribution in [0.2, 0.25) is 0 Å². The molecule has 0 saturated carbocycles. The smallest absolute Gasteiger partial charge is 0.460 e. The highest BCUT2D eigenvalue weighted by Crippen LogP contribution is 2.60. The standard InChI is InChI=1S/C16H23F13NO4P/c1-30(2,3)8-10-34-35(31,32)33-9-6-4-5-7-11(17,18)12(19,20)13(21,22)14(23,24)15(25,26)16(27,28)29/h4-10H2,1-3H3. The summed E-state index contributed by atoms with van der Waals surface area (Å²) in [5, 5.41) is 0. The minimum Gasteiger partial charge on any atom is -0.756 e. The van der Waals surface area contributed by atoms with Gasteiger partial charge in [0.2, 0.25) is 0 Å². The van der Waals surface area contributed by atoms with Crippen LogP contribution in [0.25, 0.3) is 0 Å². The summed E-state index contributed by atoms with van der Waals surface area (Å²) in [6.45, 7) is -0.797. The number of hydrogen-bond acceptors (Lipinski definition) is 4. The fourth-order valence-corrected chi connectivity index (χ4v) is 2.96. The number of phosphoric ester groups is 1. The normalized spacial score (nSPS) is 16.9. The van der Waals surface area contributed by atoms with E-state index < -0.39 is 75.9 Å². The van der Waals surface area contributed by atoms with E-state index in [2.05, 4.69) is 9.05 Å². The summed E-state index contributed by atoms with van der Waals surface area (Å²) in [4.78, 5) is 11.5. The van der Waals surface area contributed by atoms with Gasteiger partial charge in [0.15, 0.2) is 0 Å². The van der Waals surface area contributed by atoms with Gasteiger partial charge >= 0.3 is 35.8 Å². The van der Waals surface area contributed by atoms with E-state index in [9.17, 15) is 66.5 Å². The van der Waals surface area contributed by atoms with Crippen molar-refractivity contribution in [1.29, 1.82) is 0 Å². The largest absolute Gasteiger partial charge is 0.756 e. The Labute approximate surface area is 191 Å². The van der Waals surface area contributed by atoms with Crippen molar-refractivity contribution in [3.8, 4) is 0 Å². The predicted octanol–water partition coefficient (Wildman–Crippen LogP) is 5.49. The highest BCUT2D eigenvalue weighted by Gasteiger charge is 2.90. The third kappa shape index (κ3) is 8.07. The minimum atomic E-state index is -7.93. The predicted molar refractivity (Wildman–Crippen MR) is 91.7 cm³/mol. The van der Waals surface area contributed by atoms with E-state index in [1.807, 2.05) is 0 Å². The van der Waals surface area contributed by atoms with Crippen LogP contribution in [0, 0.1) is 0 Å². The average Bonchev–Trinajstić information content (AvgIpc) is 2.61. The van der Waals surface area contributed by atoms with E-state index >= 15 is 0 Å². The molecule has 0 aromatic carbocycles. The van der Waals surface area contributed by atoms with Crippen LogP contribution in [0.4, 0.5) is 57.1 Å². The van der Waals surface area contributed by atoms with Crippen LogP contribution in [0.3, 0.4) is 0 Å². The second-order valence-corrected chi connectivity index (χ2v) is 9.85. The zero-order chi connectivity index (χ0) is 28.4. The Morgan fingerprint density at radius 3 is 1.51 bits per heavy atom. The van der Waals surface area contributed by atoms with Crippen LogP contribution in [0.15, 0.2) is 0 Å². The third-order valence-electron chi connectivity index (χ3n) is 4.39. The number of halogens is 13. The molecule has 5 nitrogen and oxygen atoms in total. The van der Waals surface area contributed by atoms with Gasteiger partial charge in [-0.05, 0) is 12.8 Å². The number of quaternary nitrogens is 1. The van der Waals surface area contributed by atoms with Crippen molar-refractivity contribution >= 4 is 7.82 Å². The fraction of sp³-hybridized carbons (Fsp3) is 1.00. The quantitative estimate of drug-likeness (QED) is 0.113. The van der Waals surface area contributed by atoms with E-state index in [1.165, 1.54) is 0 Å². The van der Waals surface area contributed by atoms with Crippen LogP contribution in [-0.4, -0.2) is 81.2 Å². The first-order valence-corrected chi connectivity index (χ1v) is 11.0. The molecule has 35 heavy (non-hydrogen) atoms. The SMILES string of the molecule is C[N+](C)(C)CCOP(=O)([O-])OCCCCCC(F)(F)C(F)(F)C(F)(F)C(F)(F)C(F)(F)C(F)(F)F. The minimum absolute atomic E-state index is 0.234. The van der Waals surface area contributed by atoms with Gasteiger partial charge in [-0.3, -0.25) is 4.57 Å². The molecular formula is C16H23F13NO4P. The lowest BCUT2D eigenvalue weighted by atomic mass is 9.91. The number of likely N-dealkylation sites (N-methyl/N-ethyl adjacent to an activating group) is 1. The molecule has 212 valence electrons. The molecular weight excluding hydrogens is 548 g/mol. The molecule has 19 heteroatoms. The highest BCUT2D eigenvalue weighted by molar-refractivity contribution is 7.45. The first-order valence-electron chi connectivity index (χ1n) is 9.53. The number of phosphoric acid groups is 1. The Morgan fingerprint density at radius 2 is 1.09 bits per heavy atom. The zero-order valence-corrected chi connectivity index (χ0v) is 19.3. The maximum absolute atomic E-state index is 13.6. The lowest BCUT2D eigenvalue weighted by Gasteiger charge is -2.39. The second kappa shape index (κ2) is 10.9. The summed E-state index contributed by atoms with van der Waals surface area (Å²) in [5.74, 6) is -37.0. The number of alkyl halides is 13. The molecule has 0 heterocycles. The summed E-state index contributed by atoms with van der Waals surface area (Å²) in [6.07, 6.45) is -12.1. The van der Waals surface area contributed by atoms with Gasteiger partial charge in [0.05, 0.1) is 27.7 Å². The average molecular weight is 571 g/mol. The Morgan fingerprint density at radius 1 is 0.657 bits per heavy atom. The van der Waals surface area contributed by atoms with Crippen molar-refractivity contribution < 1.29 is 80.1 Å². The molecule has 0 spiro atoms. The molecule has 0 rings (SSSR count). The summed E-state index contributed by atoms with van der Waals surface area (Å²) in [7, 11) is 0.289. The monoisotopic (exact) mass is 571 g/mol. The van der Waals surface area contributed by atoms with Gasteiger partial charge in [0, 0.05) is 6.42 Å². The Balaban J connectivity index is 5.01. The van der Waals surface area contributed by atoms with E-state index in [0.717, 1.165) is 0 Å². The summed E-state index contributed by atoms with van der Waals surface area (Å²) >= 11 is 0. The van der Waals surface area contributed by atoms with Gasteiger partial charge in [-0.2, -0.15) is 57.1 Å². The summed E-state index contributed by atoms with van der Waals surface area (Å²) in [6, 6.07) is 0. The number of nitrogens with zero attached hydrogens (tertiary/aromatic N) is 1. The van der Waals surface area contributed by atoms with Crippen molar-refractivity contribution in [1.82, 2.24) is 0 Å². The van der Waals surface area contributed by atoms with Crippen LogP contribution >= 0.6 is 7.82 Å². The van der Waals surface area contributed by atoms with E-state index in [1.54, 1.807) is 21.1 Å². The van der Waals surface area contributed by atoms with Crippen LogP contribution < -0.4 is 4.89 Å². The molecule has 0 radical (unpaired) electrons. The maximum Gasteiger partial charge on any atom is 0.460 e. The van der Waals surface area contributed by atoms with Crippen molar-refractivity contribution in [2.24, 2.45) is 0 Å². The Bertz CT molecular complexity index is 738. The van der Waals surface area contributed by atoms with E-state index in [0.29, 0.717) is 4.48 Å². The highest BCUT2D eigenvalue weighted by atomic mass is 31.2. The summed E-state index contributed by atoms with van der Waals surface area (Å²) < 4.78 is 189. The van der Waals surface area contributed by atoms with Crippen LogP contribution in [0.1, 0.15) is 25.7 Å². The molecule has 1 unspecified atom stereocenters. The summed E-state index contributed by atoms with van der Waals surface area (Å²) in [5.41, 5.74) is 0. The molecule has 0 aliphatic rings. The molecule has 0 saturated heterocycles. The lowest BCUT2D eigenvalue weighted by Crippen LogP contribution is -2.70. The van der Waals surface area contributed by atoms with Gasteiger partial charge in [0.25, 0.3) is 7.82 Å². The second-order valence-electron chi connectivity index (χ2n) is 8.44. The maximum atomic E-state index is 13.6. The Kier molecular flexibility index (Phi) is 10.6. The van der Waals surface area contributed by atoms with Crippen LogP contribution in [0.5, 0.6) is 0 Å². The topological polar surface area (TPSA) is 58.6 Å². The lowest BCUT2D eigenvalue weighted by molar-refractivity contribution is -0.870. The number of rotatable bonds is 15. The number of hydrogen-bond donors (Lipinski definition) is 0. The van der Waals surface area contributed by atoms with Crippen LogP contribution in [-0.2, 0) is 13.6 Å². The Hall–Kier alpha value is -0.840. The van der Waals surface area contributed by atoms with Gasteiger partial charge < -0.3 is 18.4 Å². The molecule has 0 aliphatic carbocycles. The molecule has 0 aliphatic heterocycles. The van der Waals surface area contributed by atoms with Gasteiger partial charge in [-0.1, -0.05) is 6.42 Å².